The minimum Gasteiger partial charge on any atom is -0.494 e. The minimum absolute atomic E-state index is 0.555. The van der Waals surface area contributed by atoms with Crippen LogP contribution in [0.1, 0.15) is 25.8 Å². The Balaban J connectivity index is 2.58. The van der Waals surface area contributed by atoms with E-state index in [1.807, 2.05) is 26.1 Å². The predicted octanol–water partition coefficient (Wildman–Crippen LogP) is 2.63. The number of hydrogen-bond donors (Lipinski definition) is 1. The molecule has 0 saturated heterocycles. The van der Waals surface area contributed by atoms with Crippen LogP contribution in [0.15, 0.2) is 24.3 Å². The van der Waals surface area contributed by atoms with Crippen LogP contribution in [-0.4, -0.2) is 19.7 Å². The fraction of sp³-hybridized carbons (Fsp3) is 0.538. The summed E-state index contributed by atoms with van der Waals surface area (Å²) in [6, 6.07) is 8.84. The molecule has 2 heteroatoms. The van der Waals surface area contributed by atoms with E-state index in [0.717, 1.165) is 25.2 Å². The van der Waals surface area contributed by atoms with Crippen molar-refractivity contribution in [2.75, 3.05) is 13.7 Å². The lowest BCUT2D eigenvalue weighted by atomic mass is 10.1. The number of benzene rings is 1. The molecule has 1 aromatic carbocycles. The summed E-state index contributed by atoms with van der Waals surface area (Å²) in [7, 11) is 2.00. The molecule has 0 spiro atoms. The third-order valence-electron chi connectivity index (χ3n) is 2.61. The molecule has 1 atom stereocenters. The molecule has 15 heavy (non-hydrogen) atoms. The highest BCUT2D eigenvalue weighted by Crippen LogP contribution is 2.19. The number of aryl methyl sites for hydroxylation is 1. The number of rotatable bonds is 6. The zero-order chi connectivity index (χ0) is 11.1. The molecule has 0 aliphatic heterocycles. The average molecular weight is 207 g/mol. The van der Waals surface area contributed by atoms with Gasteiger partial charge in [0, 0.05) is 6.04 Å². The molecule has 1 N–H and O–H groups in total. The summed E-state index contributed by atoms with van der Waals surface area (Å²) in [6.45, 7) is 4.95. The van der Waals surface area contributed by atoms with Crippen LogP contribution in [0.3, 0.4) is 0 Å². The van der Waals surface area contributed by atoms with Gasteiger partial charge in [0.15, 0.2) is 0 Å². The zero-order valence-electron chi connectivity index (χ0n) is 9.92. The van der Waals surface area contributed by atoms with Gasteiger partial charge in [-0.2, -0.15) is 0 Å². The molecular formula is C13H21NO. The summed E-state index contributed by atoms with van der Waals surface area (Å²) < 4.78 is 5.58. The van der Waals surface area contributed by atoms with Gasteiger partial charge in [-0.15, -0.1) is 0 Å². The second-order valence-corrected chi connectivity index (χ2v) is 3.77. The van der Waals surface area contributed by atoms with Crippen LogP contribution >= 0.6 is 0 Å². The quantitative estimate of drug-likeness (QED) is 0.774. The second-order valence-electron chi connectivity index (χ2n) is 3.77. The standard InChI is InChI=1S/C13H21NO/c1-4-15-13-8-6-5-7-12(13)10-9-11(2)14-3/h5-8,11,14H,4,9-10H2,1-3H3. The van der Waals surface area contributed by atoms with E-state index in [9.17, 15) is 0 Å². The first kappa shape index (κ1) is 12.1. The topological polar surface area (TPSA) is 21.3 Å². The van der Waals surface area contributed by atoms with Gasteiger partial charge in [-0.1, -0.05) is 18.2 Å². The zero-order valence-corrected chi connectivity index (χ0v) is 9.92. The molecule has 0 aliphatic rings. The Kier molecular flexibility index (Phi) is 5.19. The summed E-state index contributed by atoms with van der Waals surface area (Å²) in [4.78, 5) is 0. The van der Waals surface area contributed by atoms with E-state index in [0.29, 0.717) is 6.04 Å². The van der Waals surface area contributed by atoms with Crippen molar-refractivity contribution in [3.63, 3.8) is 0 Å². The van der Waals surface area contributed by atoms with Crippen molar-refractivity contribution in [1.82, 2.24) is 5.32 Å². The third kappa shape index (κ3) is 3.92. The normalized spacial score (nSPS) is 12.5. The maximum atomic E-state index is 5.58. The molecular weight excluding hydrogens is 186 g/mol. The first-order valence-electron chi connectivity index (χ1n) is 5.66. The molecule has 84 valence electrons. The fourth-order valence-corrected chi connectivity index (χ4v) is 1.52. The predicted molar refractivity (Wildman–Crippen MR) is 64.5 cm³/mol. The number of para-hydroxylation sites is 1. The molecule has 0 radical (unpaired) electrons. The molecule has 0 saturated carbocycles. The maximum Gasteiger partial charge on any atom is 0.122 e. The van der Waals surface area contributed by atoms with Crippen LogP contribution in [0.2, 0.25) is 0 Å². The lowest BCUT2D eigenvalue weighted by Crippen LogP contribution is -2.21. The van der Waals surface area contributed by atoms with Crippen molar-refractivity contribution >= 4 is 0 Å². The second kappa shape index (κ2) is 6.46. The first-order valence-corrected chi connectivity index (χ1v) is 5.66. The lowest BCUT2D eigenvalue weighted by molar-refractivity contribution is 0.335. The van der Waals surface area contributed by atoms with Crippen molar-refractivity contribution in [2.24, 2.45) is 0 Å². The summed E-state index contributed by atoms with van der Waals surface area (Å²) in [6.07, 6.45) is 2.21. The van der Waals surface area contributed by atoms with Crippen molar-refractivity contribution in [3.05, 3.63) is 29.8 Å². The molecule has 0 bridgehead atoms. The highest BCUT2D eigenvalue weighted by atomic mass is 16.5. The van der Waals surface area contributed by atoms with Crippen LogP contribution in [0.25, 0.3) is 0 Å². The van der Waals surface area contributed by atoms with E-state index >= 15 is 0 Å². The molecule has 2 nitrogen and oxygen atoms in total. The van der Waals surface area contributed by atoms with Gasteiger partial charge in [-0.05, 0) is 45.4 Å². The van der Waals surface area contributed by atoms with E-state index < -0.39 is 0 Å². The third-order valence-corrected chi connectivity index (χ3v) is 2.61. The molecule has 1 unspecified atom stereocenters. The van der Waals surface area contributed by atoms with Crippen molar-refractivity contribution in [2.45, 2.75) is 32.7 Å². The molecule has 1 aromatic rings. The summed E-state index contributed by atoms with van der Waals surface area (Å²) in [5.41, 5.74) is 1.31. The Morgan fingerprint density at radius 2 is 2.07 bits per heavy atom. The monoisotopic (exact) mass is 207 g/mol. The van der Waals surface area contributed by atoms with Gasteiger partial charge in [0.2, 0.25) is 0 Å². The minimum atomic E-state index is 0.555. The van der Waals surface area contributed by atoms with Crippen LogP contribution in [0.4, 0.5) is 0 Å². The molecule has 1 rings (SSSR count). The van der Waals surface area contributed by atoms with Crippen LogP contribution < -0.4 is 10.1 Å². The summed E-state index contributed by atoms with van der Waals surface area (Å²) >= 11 is 0. The van der Waals surface area contributed by atoms with Crippen LogP contribution in [0.5, 0.6) is 5.75 Å². The molecule has 0 heterocycles. The van der Waals surface area contributed by atoms with Crippen molar-refractivity contribution in [3.8, 4) is 5.75 Å². The molecule has 0 aliphatic carbocycles. The van der Waals surface area contributed by atoms with E-state index in [-0.39, 0.29) is 0 Å². The fourth-order valence-electron chi connectivity index (χ4n) is 1.52. The van der Waals surface area contributed by atoms with Gasteiger partial charge < -0.3 is 10.1 Å². The van der Waals surface area contributed by atoms with Gasteiger partial charge in [0.1, 0.15) is 5.75 Å². The Hall–Kier alpha value is -1.02. The number of hydrogen-bond acceptors (Lipinski definition) is 2. The molecule has 0 amide bonds. The SMILES string of the molecule is CCOc1ccccc1CCC(C)NC. The first-order chi connectivity index (χ1) is 7.27. The van der Waals surface area contributed by atoms with Gasteiger partial charge in [0.05, 0.1) is 6.61 Å². The van der Waals surface area contributed by atoms with Crippen LogP contribution in [0, 0.1) is 0 Å². The largest absolute Gasteiger partial charge is 0.494 e. The summed E-state index contributed by atoms with van der Waals surface area (Å²) in [5.74, 6) is 1.03. The Morgan fingerprint density at radius 3 is 2.73 bits per heavy atom. The highest BCUT2D eigenvalue weighted by Gasteiger charge is 2.04. The smallest absolute Gasteiger partial charge is 0.122 e. The number of nitrogens with one attached hydrogen (secondary N) is 1. The van der Waals surface area contributed by atoms with E-state index in [1.165, 1.54) is 5.56 Å². The summed E-state index contributed by atoms with van der Waals surface area (Å²) in [5, 5.41) is 3.25. The average Bonchev–Trinajstić information content (AvgIpc) is 2.28. The molecule has 0 aromatic heterocycles. The van der Waals surface area contributed by atoms with Crippen molar-refractivity contribution in [1.29, 1.82) is 0 Å². The van der Waals surface area contributed by atoms with Gasteiger partial charge >= 0.3 is 0 Å². The highest BCUT2D eigenvalue weighted by molar-refractivity contribution is 5.33. The van der Waals surface area contributed by atoms with Gasteiger partial charge in [0.25, 0.3) is 0 Å². The van der Waals surface area contributed by atoms with E-state index in [4.69, 9.17) is 4.74 Å². The van der Waals surface area contributed by atoms with E-state index in [1.54, 1.807) is 0 Å². The maximum absolute atomic E-state index is 5.58. The Labute approximate surface area is 92.6 Å². The Bertz CT molecular complexity index is 286. The van der Waals surface area contributed by atoms with Gasteiger partial charge in [-0.3, -0.25) is 0 Å². The van der Waals surface area contributed by atoms with E-state index in [2.05, 4.69) is 24.4 Å². The Morgan fingerprint density at radius 1 is 1.33 bits per heavy atom. The molecule has 0 fully saturated rings. The van der Waals surface area contributed by atoms with Gasteiger partial charge in [-0.25, -0.2) is 0 Å². The lowest BCUT2D eigenvalue weighted by Gasteiger charge is -2.12. The van der Waals surface area contributed by atoms with Crippen LogP contribution in [-0.2, 0) is 6.42 Å². The van der Waals surface area contributed by atoms with Crippen molar-refractivity contribution < 1.29 is 4.74 Å². The number of ether oxygens (including phenoxy) is 1.